The Morgan fingerprint density at radius 1 is 0.816 bits per heavy atom. The lowest BCUT2D eigenvalue weighted by molar-refractivity contribution is -0.133. The van der Waals surface area contributed by atoms with Crippen molar-refractivity contribution in [2.24, 2.45) is 5.41 Å². The van der Waals surface area contributed by atoms with Crippen LogP contribution in [0.3, 0.4) is 0 Å². The van der Waals surface area contributed by atoms with Crippen molar-refractivity contribution >= 4 is 5.91 Å². The van der Waals surface area contributed by atoms with E-state index in [4.69, 9.17) is 4.74 Å². The second-order valence-corrected chi connectivity index (χ2v) is 14.3. The molecule has 3 rings (SSSR count). The zero-order valence-corrected chi connectivity index (χ0v) is 26.4. The molecular formula is C35H59NO2. The molecule has 0 saturated carbocycles. The third-order valence-electron chi connectivity index (χ3n) is 9.36. The number of amides is 1. The van der Waals surface area contributed by atoms with Crippen molar-refractivity contribution in [3.8, 4) is 5.75 Å². The van der Waals surface area contributed by atoms with Crippen LogP contribution in [0.4, 0.5) is 0 Å². The molecular weight excluding hydrogens is 466 g/mol. The van der Waals surface area contributed by atoms with E-state index in [1.807, 2.05) is 18.7 Å². The lowest BCUT2D eigenvalue weighted by Gasteiger charge is -2.28. The number of benzene rings is 1. The van der Waals surface area contributed by atoms with Crippen LogP contribution in [-0.2, 0) is 22.0 Å². The highest BCUT2D eigenvalue weighted by Gasteiger charge is 2.52. The second-order valence-electron chi connectivity index (χ2n) is 14.3. The summed E-state index contributed by atoms with van der Waals surface area (Å²) in [6.07, 6.45) is 18.4. The molecule has 0 radical (unpaired) electrons. The van der Waals surface area contributed by atoms with Gasteiger partial charge in [0.2, 0.25) is 0 Å². The second kappa shape index (κ2) is 13.2. The Labute approximate surface area is 235 Å². The Hall–Kier alpha value is -1.51. The van der Waals surface area contributed by atoms with Crippen LogP contribution in [0.1, 0.15) is 161 Å². The van der Waals surface area contributed by atoms with Gasteiger partial charge in [0, 0.05) is 24.1 Å². The largest absolute Gasteiger partial charge is 0.483 e. The minimum absolute atomic E-state index is 0.0848. The third kappa shape index (κ3) is 7.79. The molecule has 1 aromatic carbocycles. The first-order valence-electron chi connectivity index (χ1n) is 16.1. The predicted molar refractivity (Wildman–Crippen MR) is 163 cm³/mol. The van der Waals surface area contributed by atoms with E-state index in [0.717, 1.165) is 25.3 Å². The third-order valence-corrected chi connectivity index (χ3v) is 9.36. The lowest BCUT2D eigenvalue weighted by Crippen LogP contribution is -2.34. The summed E-state index contributed by atoms with van der Waals surface area (Å²) in [5.74, 6) is 1.14. The van der Waals surface area contributed by atoms with E-state index in [-0.39, 0.29) is 28.8 Å². The maximum absolute atomic E-state index is 13.0. The Bertz CT molecular complexity index is 921. The van der Waals surface area contributed by atoms with Gasteiger partial charge in [0.1, 0.15) is 5.75 Å². The summed E-state index contributed by atoms with van der Waals surface area (Å²) in [6, 6.07) is 2.47. The first kappa shape index (κ1) is 31.0. The zero-order valence-electron chi connectivity index (χ0n) is 26.4. The number of likely N-dealkylation sites (N-methyl/N-ethyl adjacent to an activating group) is 1. The van der Waals surface area contributed by atoms with Crippen LogP contribution in [0.2, 0.25) is 0 Å². The molecule has 0 fully saturated rings. The first-order chi connectivity index (χ1) is 17.9. The van der Waals surface area contributed by atoms with Crippen LogP contribution in [0.15, 0.2) is 6.07 Å². The van der Waals surface area contributed by atoms with E-state index >= 15 is 0 Å². The van der Waals surface area contributed by atoms with E-state index < -0.39 is 0 Å². The number of hydrogen-bond donors (Lipinski definition) is 0. The molecule has 38 heavy (non-hydrogen) atoms. The lowest BCUT2D eigenvalue weighted by atomic mass is 9.78. The standard InChI is InChI=1S/C35H59NO2/c1-9-36(10-2)29(37)26-38-32-27-24-28(33(3,4)5)30-31(32)35(30,8)23-21-19-17-15-13-11-12-14-16-18-20-22-34(6,7)25-27/h24H,9-23,25-26H2,1-8H3. The smallest absolute Gasteiger partial charge is 0.260 e. The minimum atomic E-state index is 0.0848. The summed E-state index contributed by atoms with van der Waals surface area (Å²) >= 11 is 0. The number of carbonyl (C=O) groups excluding carboxylic acids is 1. The van der Waals surface area contributed by atoms with Crippen molar-refractivity contribution in [2.45, 2.75) is 156 Å². The fourth-order valence-electron chi connectivity index (χ4n) is 6.90. The van der Waals surface area contributed by atoms with Gasteiger partial charge in [-0.2, -0.15) is 0 Å². The Morgan fingerprint density at radius 2 is 1.32 bits per heavy atom. The number of fused-ring (bicyclic) bond motifs is 2. The molecule has 2 bridgehead atoms. The fraction of sp³-hybridized carbons (Fsp3) is 0.800. The normalized spacial score (nSPS) is 23.1. The van der Waals surface area contributed by atoms with Crippen molar-refractivity contribution in [1.29, 1.82) is 0 Å². The molecule has 3 heteroatoms. The summed E-state index contributed by atoms with van der Waals surface area (Å²) in [7, 11) is 0. The van der Waals surface area contributed by atoms with E-state index in [0.29, 0.717) is 0 Å². The number of rotatable bonds is 5. The van der Waals surface area contributed by atoms with Crippen LogP contribution in [0.25, 0.3) is 0 Å². The van der Waals surface area contributed by atoms with E-state index in [1.54, 1.807) is 0 Å². The van der Waals surface area contributed by atoms with E-state index in [9.17, 15) is 4.79 Å². The van der Waals surface area contributed by atoms with Crippen LogP contribution in [-0.4, -0.2) is 30.5 Å². The molecule has 0 spiro atoms. The zero-order chi connectivity index (χ0) is 28.0. The highest BCUT2D eigenvalue weighted by Crippen LogP contribution is 2.62. The molecule has 0 aliphatic heterocycles. The molecule has 1 aromatic rings. The Balaban J connectivity index is 1.97. The molecule has 0 aromatic heterocycles. The highest BCUT2D eigenvalue weighted by atomic mass is 16.5. The summed E-state index contributed by atoms with van der Waals surface area (Å²) in [4.78, 5) is 14.9. The van der Waals surface area contributed by atoms with Crippen molar-refractivity contribution in [3.63, 3.8) is 0 Å². The van der Waals surface area contributed by atoms with Gasteiger partial charge in [-0.1, -0.05) is 118 Å². The summed E-state index contributed by atoms with van der Waals surface area (Å²) in [5.41, 5.74) is 6.14. The SMILES string of the molecule is CCN(CC)C(=O)COc1c2cc(C(C)(C)C)c3c1C3(C)CCCCCCCCCCCCCC(C)(C)C2. The van der Waals surface area contributed by atoms with Crippen LogP contribution < -0.4 is 4.74 Å². The summed E-state index contributed by atoms with van der Waals surface area (Å²) in [5, 5.41) is 0. The molecule has 216 valence electrons. The molecule has 0 N–H and O–H groups in total. The maximum atomic E-state index is 13.0. The van der Waals surface area contributed by atoms with Crippen LogP contribution >= 0.6 is 0 Å². The molecule has 1 atom stereocenters. The molecule has 0 saturated heterocycles. The van der Waals surface area contributed by atoms with Gasteiger partial charge in [0.15, 0.2) is 6.61 Å². The topological polar surface area (TPSA) is 29.5 Å². The van der Waals surface area contributed by atoms with Gasteiger partial charge in [-0.3, -0.25) is 4.79 Å². The van der Waals surface area contributed by atoms with Crippen molar-refractivity contribution in [2.75, 3.05) is 19.7 Å². The quantitative estimate of drug-likeness (QED) is 0.383. The summed E-state index contributed by atoms with van der Waals surface area (Å²) in [6.45, 7) is 20.1. The van der Waals surface area contributed by atoms with Crippen LogP contribution in [0.5, 0.6) is 5.75 Å². The Kier molecular flexibility index (Phi) is 10.8. The van der Waals surface area contributed by atoms with Crippen LogP contribution in [0, 0.1) is 5.41 Å². The monoisotopic (exact) mass is 525 g/mol. The molecule has 1 amide bonds. The number of carbonyl (C=O) groups is 1. The number of ether oxygens (including phenoxy) is 1. The Morgan fingerprint density at radius 3 is 1.82 bits per heavy atom. The fourth-order valence-corrected chi connectivity index (χ4v) is 6.90. The van der Waals surface area contributed by atoms with Crippen molar-refractivity contribution in [3.05, 3.63) is 28.3 Å². The highest BCUT2D eigenvalue weighted by molar-refractivity contribution is 5.78. The van der Waals surface area contributed by atoms with E-state index in [1.165, 1.54) is 106 Å². The minimum Gasteiger partial charge on any atom is -0.483 e. The van der Waals surface area contributed by atoms with Gasteiger partial charge >= 0.3 is 0 Å². The van der Waals surface area contributed by atoms with Gasteiger partial charge in [-0.25, -0.2) is 0 Å². The number of nitrogens with zero attached hydrogens (tertiary/aromatic N) is 1. The molecule has 1 unspecified atom stereocenters. The van der Waals surface area contributed by atoms with Crippen molar-refractivity contribution < 1.29 is 9.53 Å². The predicted octanol–water partition coefficient (Wildman–Crippen LogP) is 9.50. The maximum Gasteiger partial charge on any atom is 0.260 e. The molecule has 3 nitrogen and oxygen atoms in total. The van der Waals surface area contributed by atoms with Gasteiger partial charge in [-0.15, -0.1) is 0 Å². The average molecular weight is 526 g/mol. The summed E-state index contributed by atoms with van der Waals surface area (Å²) < 4.78 is 6.58. The van der Waals surface area contributed by atoms with Crippen molar-refractivity contribution in [1.82, 2.24) is 4.90 Å². The van der Waals surface area contributed by atoms with E-state index in [2.05, 4.69) is 47.6 Å². The average Bonchev–Trinajstić information content (AvgIpc) is 3.44. The van der Waals surface area contributed by atoms with Gasteiger partial charge in [0.05, 0.1) is 0 Å². The van der Waals surface area contributed by atoms with Gasteiger partial charge in [-0.05, 0) is 60.6 Å². The van der Waals surface area contributed by atoms with Gasteiger partial charge in [0.25, 0.3) is 5.91 Å². The number of hydrogen-bond acceptors (Lipinski definition) is 2. The first-order valence-corrected chi connectivity index (χ1v) is 16.1. The van der Waals surface area contributed by atoms with Gasteiger partial charge < -0.3 is 9.64 Å². The molecule has 0 heterocycles. The molecule has 2 aliphatic carbocycles. The molecule has 2 aliphatic rings.